The second-order valence-electron chi connectivity index (χ2n) is 9.63. The summed E-state index contributed by atoms with van der Waals surface area (Å²) in [5.41, 5.74) is 4.46. The summed E-state index contributed by atoms with van der Waals surface area (Å²) in [5.74, 6) is -5.77. The number of carbonyl (C=O) groups is 3. The number of nitrogens with two attached hydrogens (primary N) is 1. The largest absolute Gasteiger partial charge is 0.481 e. The summed E-state index contributed by atoms with van der Waals surface area (Å²) in [7, 11) is -5.43. The quantitative estimate of drug-likeness (QED) is 0.0544. The Morgan fingerprint density at radius 2 is 1.98 bits per heavy atom. The summed E-state index contributed by atoms with van der Waals surface area (Å²) in [5, 5.41) is 71.7. The number of nitrogens with zero attached hydrogens (tertiary/aromatic N) is 2. The van der Waals surface area contributed by atoms with E-state index in [9.17, 15) is 59.3 Å². The van der Waals surface area contributed by atoms with Gasteiger partial charge in [0.25, 0.3) is 0 Å². The fourth-order valence-corrected chi connectivity index (χ4v) is 5.35. The fourth-order valence-electron chi connectivity index (χ4n) is 4.41. The van der Waals surface area contributed by atoms with Gasteiger partial charge in [0, 0.05) is 12.6 Å². The molecule has 0 aliphatic carbocycles. The Kier molecular flexibility index (Phi) is 11.1. The van der Waals surface area contributed by atoms with E-state index in [0.29, 0.717) is 0 Å². The van der Waals surface area contributed by atoms with E-state index in [1.165, 1.54) is 6.07 Å². The highest BCUT2D eigenvalue weighted by molar-refractivity contribution is 7.47. The molecule has 21 nitrogen and oxygen atoms in total. The van der Waals surface area contributed by atoms with E-state index in [-0.39, 0.29) is 12.1 Å². The molecule has 11 atom stereocenters. The number of phosphoric ester groups is 1. The van der Waals surface area contributed by atoms with Gasteiger partial charge in [-0.25, -0.2) is 13.9 Å². The van der Waals surface area contributed by atoms with E-state index < -0.39 is 112 Å². The SMILES string of the molecule is Nc1ccn(C2OC(COP(=O)(O)O[C@@]3(C=O)C[C@@H](O)[C@@H](NC(=O)CC(=O)O)C([C@H](O)[C@H](O)CO)O3)[C@@H](O)[C@H]2O)c(=O)n1. The molecule has 1 aromatic rings. The summed E-state index contributed by atoms with van der Waals surface area (Å²) in [6, 6.07) is -0.516. The first-order chi connectivity index (χ1) is 20.0. The molecule has 2 saturated heterocycles. The van der Waals surface area contributed by atoms with Crippen molar-refractivity contribution in [3.05, 3.63) is 22.7 Å². The zero-order valence-electron chi connectivity index (χ0n) is 21.9. The Bertz CT molecular complexity index is 1280. The predicted molar refractivity (Wildman–Crippen MR) is 133 cm³/mol. The number of anilines is 1. The maximum atomic E-state index is 12.8. The van der Waals surface area contributed by atoms with Crippen LogP contribution in [0.15, 0.2) is 17.1 Å². The number of nitrogen functional groups attached to an aromatic ring is 1. The molecule has 43 heavy (non-hydrogen) atoms. The van der Waals surface area contributed by atoms with Crippen molar-refractivity contribution in [3.63, 3.8) is 0 Å². The number of nitrogens with one attached hydrogen (secondary N) is 1. The molecule has 4 unspecified atom stereocenters. The minimum absolute atomic E-state index is 0.138. The molecular formula is C21H31N4O17P. The first-order valence-corrected chi connectivity index (χ1v) is 13.9. The number of aliphatic hydroxyl groups excluding tert-OH is 6. The van der Waals surface area contributed by atoms with Crippen molar-refractivity contribution in [2.45, 2.75) is 73.6 Å². The van der Waals surface area contributed by atoms with E-state index in [1.54, 1.807) is 0 Å². The number of rotatable bonds is 13. The Morgan fingerprint density at radius 1 is 1.30 bits per heavy atom. The van der Waals surface area contributed by atoms with Crippen LogP contribution in [0.25, 0.3) is 0 Å². The van der Waals surface area contributed by atoms with Crippen LogP contribution >= 0.6 is 7.82 Å². The van der Waals surface area contributed by atoms with Crippen LogP contribution in [0.2, 0.25) is 0 Å². The zero-order valence-corrected chi connectivity index (χ0v) is 22.8. The number of carboxylic acid groups (broad SMARTS) is 1. The number of aldehydes is 1. The standard InChI is InChI=1S/C21H31N4O17P/c22-11-1-2-25(20(36)23-11)19-17(35)16(34)10(40-19)6-39-43(37,38)42-21(7-27)4-8(28)14(24-12(30)3-13(31)32)18(41-21)15(33)9(29)5-26/h1-2,7-10,14-19,26,28-29,33-35H,3-6H2,(H,24,30)(H,31,32)(H,37,38)(H2,22,23,36)/t8-,9-,10?,14-,15-,16-,17-,18?,19?,21-/m1/s1. The minimum Gasteiger partial charge on any atom is -0.481 e. The molecular weight excluding hydrogens is 611 g/mol. The lowest BCUT2D eigenvalue weighted by Crippen LogP contribution is -2.66. The first kappa shape index (κ1) is 34.6. The Labute approximate surface area is 240 Å². The van der Waals surface area contributed by atoms with E-state index in [0.717, 1.165) is 10.8 Å². The lowest BCUT2D eigenvalue weighted by molar-refractivity contribution is -0.274. The van der Waals surface area contributed by atoms with Gasteiger partial charge in [0.1, 0.15) is 48.9 Å². The van der Waals surface area contributed by atoms with Gasteiger partial charge >= 0.3 is 19.5 Å². The van der Waals surface area contributed by atoms with Gasteiger partial charge in [0.05, 0.1) is 25.4 Å². The number of hydrogen-bond donors (Lipinski definition) is 10. The highest BCUT2D eigenvalue weighted by Crippen LogP contribution is 2.50. The van der Waals surface area contributed by atoms with Crippen molar-refractivity contribution < 1.29 is 78.1 Å². The lowest BCUT2D eigenvalue weighted by atomic mass is 9.89. The van der Waals surface area contributed by atoms with Crippen molar-refractivity contribution >= 4 is 31.8 Å². The van der Waals surface area contributed by atoms with Crippen molar-refractivity contribution in [2.24, 2.45) is 0 Å². The van der Waals surface area contributed by atoms with Gasteiger partial charge in [-0.05, 0) is 6.07 Å². The van der Waals surface area contributed by atoms with Crippen molar-refractivity contribution in [1.29, 1.82) is 0 Å². The molecule has 3 rings (SSSR count). The summed E-state index contributed by atoms with van der Waals surface area (Å²) in [6.07, 6.45) is -15.9. The van der Waals surface area contributed by atoms with Crippen LogP contribution in [-0.4, -0.2) is 136 Å². The topological polar surface area (TPSA) is 340 Å². The molecule has 0 saturated carbocycles. The lowest BCUT2D eigenvalue weighted by Gasteiger charge is -2.46. The Balaban J connectivity index is 1.76. The second kappa shape index (κ2) is 13.8. The number of phosphoric acid groups is 1. The Hall–Kier alpha value is -2.92. The highest BCUT2D eigenvalue weighted by Gasteiger charge is 2.55. The minimum atomic E-state index is -5.43. The third-order valence-corrected chi connectivity index (χ3v) is 7.48. The molecule has 0 bridgehead atoms. The van der Waals surface area contributed by atoms with Crippen molar-refractivity contribution in [3.8, 4) is 0 Å². The van der Waals surface area contributed by atoms with E-state index in [2.05, 4.69) is 4.98 Å². The fraction of sp³-hybridized carbons (Fsp3) is 0.667. The third kappa shape index (κ3) is 8.17. The van der Waals surface area contributed by atoms with Crippen molar-refractivity contribution in [2.75, 3.05) is 18.9 Å². The first-order valence-electron chi connectivity index (χ1n) is 12.4. The van der Waals surface area contributed by atoms with E-state index >= 15 is 0 Å². The number of aromatic nitrogens is 2. The van der Waals surface area contributed by atoms with Crippen LogP contribution in [0.4, 0.5) is 5.82 Å². The Morgan fingerprint density at radius 3 is 2.56 bits per heavy atom. The summed E-state index contributed by atoms with van der Waals surface area (Å²) >= 11 is 0. The smallest absolute Gasteiger partial charge is 0.475 e. The summed E-state index contributed by atoms with van der Waals surface area (Å²) in [6.45, 7) is -2.07. The van der Waals surface area contributed by atoms with Crippen LogP contribution in [0, 0.1) is 0 Å². The highest BCUT2D eigenvalue weighted by atomic mass is 31.2. The maximum absolute atomic E-state index is 12.8. The van der Waals surface area contributed by atoms with Gasteiger partial charge in [-0.3, -0.25) is 23.5 Å². The molecule has 0 radical (unpaired) electrons. The number of carbonyl (C=O) groups excluding carboxylic acids is 2. The van der Waals surface area contributed by atoms with Gasteiger partial charge in [0.15, 0.2) is 12.5 Å². The molecule has 242 valence electrons. The third-order valence-electron chi connectivity index (χ3n) is 6.47. The maximum Gasteiger partial charge on any atom is 0.475 e. The van der Waals surface area contributed by atoms with Gasteiger partial charge in [-0.1, -0.05) is 0 Å². The van der Waals surface area contributed by atoms with Crippen molar-refractivity contribution in [1.82, 2.24) is 14.9 Å². The zero-order chi connectivity index (χ0) is 32.3. The molecule has 11 N–H and O–H groups in total. The molecule has 3 heterocycles. The van der Waals surface area contributed by atoms with Crippen LogP contribution in [0.5, 0.6) is 0 Å². The molecule has 2 aliphatic rings. The number of hydrogen-bond acceptors (Lipinski definition) is 17. The average molecular weight is 642 g/mol. The van der Waals surface area contributed by atoms with Crippen LogP contribution < -0.4 is 16.7 Å². The van der Waals surface area contributed by atoms with Gasteiger partial charge in [-0.2, -0.15) is 4.98 Å². The molecule has 2 aliphatic heterocycles. The molecule has 22 heteroatoms. The molecule has 0 spiro atoms. The van der Waals surface area contributed by atoms with E-state index in [4.69, 9.17) is 29.4 Å². The number of amides is 1. The molecule has 0 aromatic carbocycles. The normalized spacial score (nSPS) is 33.7. The summed E-state index contributed by atoms with van der Waals surface area (Å²) in [4.78, 5) is 60.8. The summed E-state index contributed by atoms with van der Waals surface area (Å²) < 4.78 is 33.9. The predicted octanol–water partition coefficient (Wildman–Crippen LogP) is -5.70. The average Bonchev–Trinajstić information content (AvgIpc) is 3.20. The van der Waals surface area contributed by atoms with Gasteiger partial charge < -0.3 is 61.2 Å². The van der Waals surface area contributed by atoms with Crippen LogP contribution in [0.1, 0.15) is 19.1 Å². The second-order valence-corrected chi connectivity index (χ2v) is 11.0. The van der Waals surface area contributed by atoms with E-state index in [1.807, 2.05) is 5.32 Å². The van der Waals surface area contributed by atoms with Crippen LogP contribution in [-0.2, 0) is 37.5 Å². The number of aliphatic carboxylic acids is 1. The van der Waals surface area contributed by atoms with Gasteiger partial charge in [-0.15, -0.1) is 0 Å². The number of carboxylic acids is 1. The van der Waals surface area contributed by atoms with Gasteiger partial charge in [0.2, 0.25) is 11.7 Å². The van der Waals surface area contributed by atoms with Crippen LogP contribution in [0.3, 0.4) is 0 Å². The molecule has 1 amide bonds. The molecule has 1 aromatic heterocycles. The monoisotopic (exact) mass is 642 g/mol. The number of ether oxygens (including phenoxy) is 2. The number of aliphatic hydroxyl groups is 6. The molecule has 2 fully saturated rings.